The minimum absolute atomic E-state index is 0.0756. The Labute approximate surface area is 408 Å². The summed E-state index contributed by atoms with van der Waals surface area (Å²) in [6.07, 6.45) is -23.0. The van der Waals surface area contributed by atoms with Crippen molar-refractivity contribution in [1.82, 2.24) is 0 Å². The van der Waals surface area contributed by atoms with E-state index >= 15 is 0 Å². The highest BCUT2D eigenvalue weighted by Gasteiger charge is 2.55. The van der Waals surface area contributed by atoms with Gasteiger partial charge in [0.25, 0.3) is 0 Å². The fourth-order valence-electron chi connectivity index (χ4n) is 8.42. The molecule has 3 aliphatic heterocycles. The molecule has 26 heteroatoms. The molecule has 6 rings (SSSR count). The summed E-state index contributed by atoms with van der Waals surface area (Å²) in [4.78, 5) is 39.0. The van der Waals surface area contributed by atoms with Gasteiger partial charge in [0.1, 0.15) is 92.6 Å². The van der Waals surface area contributed by atoms with Crippen LogP contribution in [0.25, 0.3) is 12.2 Å². The van der Waals surface area contributed by atoms with E-state index in [1.165, 1.54) is 42.5 Å². The number of fused-ring (bicyclic) bond motifs is 1. The minimum atomic E-state index is -2.23. The third-order valence-electron chi connectivity index (χ3n) is 12.6. The third kappa shape index (κ3) is 13.2. The molecule has 0 radical (unpaired) electrons. The van der Waals surface area contributed by atoms with Crippen LogP contribution < -0.4 is 0 Å². The van der Waals surface area contributed by atoms with Gasteiger partial charge in [-0.2, -0.15) is 0 Å². The molecular formula is C46H58O26. The molecule has 72 heavy (non-hydrogen) atoms. The van der Waals surface area contributed by atoms with Crippen molar-refractivity contribution in [2.24, 2.45) is 17.8 Å². The lowest BCUT2D eigenvalue weighted by atomic mass is 9.83. The number of benzene rings is 2. The minimum Gasteiger partial charge on any atom is -0.504 e. The molecule has 2 aromatic rings. The van der Waals surface area contributed by atoms with Crippen molar-refractivity contribution in [3.63, 3.8) is 0 Å². The molecule has 2 aromatic carbocycles. The van der Waals surface area contributed by atoms with E-state index in [0.717, 1.165) is 24.5 Å². The summed E-state index contributed by atoms with van der Waals surface area (Å²) in [6.45, 7) is -1.78. The van der Waals surface area contributed by atoms with E-state index in [-0.39, 0.29) is 23.5 Å². The number of phenols is 4. The number of esters is 3. The van der Waals surface area contributed by atoms with Gasteiger partial charge in [0.2, 0.25) is 6.29 Å². The number of rotatable bonds is 19. The maximum Gasteiger partial charge on any atom is 0.337 e. The largest absolute Gasteiger partial charge is 0.504 e. The van der Waals surface area contributed by atoms with Crippen LogP contribution in [0.1, 0.15) is 24.5 Å². The van der Waals surface area contributed by atoms with Crippen LogP contribution in [0, 0.1) is 17.8 Å². The summed E-state index contributed by atoms with van der Waals surface area (Å²) in [6, 6.07) is 7.54. The zero-order valence-electron chi connectivity index (χ0n) is 38.1. The standard InChI is InChI=1S/C46H58O26/c1-18-29(69-33(55)9-5-20-3-7-24(49)26(51)11-20)12-21-22(14-67-44(34(18)21)72-46-42(63)39(60)37(58)30(13-47)70-46)43(64)66-15-27(52)35(56)36(57)28(53)16-68-45-41(62)40(61)38(59)31(71-45)17-65-32(54)8-4-19-2-6-23(48)25(50)10-19/h2-11,14,18,21,27-31,34-42,44-53,56-63H,12-13,15-17H2,1H3/b8-4+,9-5+/t18-,21-,27-,28-,29+,30-,31-,34-,35-,36-,37-,38-,39+,40+,41-,42-,44+,45-,46+/m1/s1. The molecule has 3 heterocycles. The number of hydrogen-bond acceptors (Lipinski definition) is 26. The van der Waals surface area contributed by atoms with Crippen LogP contribution in [0.15, 0.2) is 60.4 Å². The predicted molar refractivity (Wildman–Crippen MR) is 235 cm³/mol. The van der Waals surface area contributed by atoms with E-state index in [1.807, 2.05) is 0 Å². The smallest absolute Gasteiger partial charge is 0.337 e. The molecule has 15 N–H and O–H groups in total. The van der Waals surface area contributed by atoms with E-state index in [2.05, 4.69) is 0 Å². The van der Waals surface area contributed by atoms with Crippen LogP contribution in [0.2, 0.25) is 0 Å². The topological polar surface area (TPSA) is 429 Å². The Hall–Kier alpha value is -5.53. The first-order valence-electron chi connectivity index (χ1n) is 22.4. The van der Waals surface area contributed by atoms with E-state index in [0.29, 0.717) is 11.1 Å². The summed E-state index contributed by atoms with van der Waals surface area (Å²) >= 11 is 0. The Morgan fingerprint density at radius 3 is 1.79 bits per heavy atom. The van der Waals surface area contributed by atoms with Crippen molar-refractivity contribution in [2.75, 3.05) is 26.4 Å². The van der Waals surface area contributed by atoms with Crippen molar-refractivity contribution in [3.8, 4) is 23.0 Å². The van der Waals surface area contributed by atoms with Crippen molar-refractivity contribution in [3.05, 3.63) is 71.5 Å². The van der Waals surface area contributed by atoms with Crippen LogP contribution in [0.4, 0.5) is 0 Å². The summed E-state index contributed by atoms with van der Waals surface area (Å²) in [5.74, 6) is -7.15. The fraction of sp³-hybridized carbons (Fsp3) is 0.543. The second-order valence-corrected chi connectivity index (χ2v) is 17.5. The number of carbonyl (C=O) groups is 3. The number of aromatic hydroxyl groups is 4. The molecule has 0 amide bonds. The SMILES string of the molecule is C[C@H]1[C@H]2[C@H](O[C@@H]3O[C@H](CO)[C@@H](O)[C@H](O)[C@H]3O)OC=C(C(=O)OC[C@@H](O)[C@@H](O)[C@H](O)[C@H](O)CO[C@@H]3O[C@H](COC(=O)/C=C/c4ccc(O)c(O)c4)[C@@H](O)[C@H](O)[C@H]3O)[C@H]2C[C@@H]1OC(=O)/C=C/c1ccc(O)c(O)c1. The van der Waals surface area contributed by atoms with E-state index < -0.39 is 172 Å². The van der Waals surface area contributed by atoms with Gasteiger partial charge >= 0.3 is 17.9 Å². The lowest BCUT2D eigenvalue weighted by molar-refractivity contribution is -0.342. The Morgan fingerprint density at radius 2 is 1.21 bits per heavy atom. The Kier molecular flexibility index (Phi) is 19.0. The normalized spacial score (nSPS) is 33.3. The zero-order valence-corrected chi connectivity index (χ0v) is 38.1. The quantitative estimate of drug-likeness (QED) is 0.0275. The van der Waals surface area contributed by atoms with Crippen LogP contribution in [0.3, 0.4) is 0 Å². The summed E-state index contributed by atoms with van der Waals surface area (Å²) in [5.41, 5.74) is 0.453. The first kappa shape index (κ1) is 55.8. The molecule has 1 aliphatic carbocycles. The number of aliphatic hydroxyl groups is 11. The molecule has 4 aliphatic rings. The van der Waals surface area contributed by atoms with Crippen molar-refractivity contribution in [2.45, 2.75) is 112 Å². The van der Waals surface area contributed by atoms with Crippen molar-refractivity contribution in [1.29, 1.82) is 0 Å². The van der Waals surface area contributed by atoms with Gasteiger partial charge in [0.15, 0.2) is 35.6 Å². The van der Waals surface area contributed by atoms with Crippen LogP contribution in [-0.4, -0.2) is 219 Å². The van der Waals surface area contributed by atoms with Crippen molar-refractivity contribution < 1.29 is 129 Å². The monoisotopic (exact) mass is 1030 g/mol. The number of aliphatic hydroxyl groups excluding tert-OH is 11. The van der Waals surface area contributed by atoms with Crippen LogP contribution in [-0.2, 0) is 52.3 Å². The molecule has 398 valence electrons. The lowest BCUT2D eigenvalue weighted by Gasteiger charge is -2.43. The highest BCUT2D eigenvalue weighted by atomic mass is 16.8. The van der Waals surface area contributed by atoms with Gasteiger partial charge in [-0.15, -0.1) is 0 Å². The molecule has 0 unspecified atom stereocenters. The third-order valence-corrected chi connectivity index (χ3v) is 12.6. The molecule has 26 nitrogen and oxygen atoms in total. The van der Waals surface area contributed by atoms with Gasteiger partial charge in [0, 0.05) is 29.9 Å². The van der Waals surface area contributed by atoms with E-state index in [9.17, 15) is 91.0 Å². The lowest BCUT2D eigenvalue weighted by Crippen LogP contribution is -2.60. The summed E-state index contributed by atoms with van der Waals surface area (Å²) in [5, 5.41) is 154. The zero-order chi connectivity index (χ0) is 52.7. The summed E-state index contributed by atoms with van der Waals surface area (Å²) in [7, 11) is 0. The number of ether oxygens (including phenoxy) is 8. The highest BCUT2D eigenvalue weighted by Crippen LogP contribution is 2.49. The summed E-state index contributed by atoms with van der Waals surface area (Å²) < 4.78 is 43.9. The highest BCUT2D eigenvalue weighted by molar-refractivity contribution is 5.89. The van der Waals surface area contributed by atoms with E-state index in [1.54, 1.807) is 6.92 Å². The number of hydrogen-bond donors (Lipinski definition) is 15. The van der Waals surface area contributed by atoms with Gasteiger partial charge < -0.3 is 114 Å². The average molecular weight is 1030 g/mol. The van der Waals surface area contributed by atoms with Crippen LogP contribution in [0.5, 0.6) is 23.0 Å². The molecule has 0 bridgehead atoms. The number of carbonyl (C=O) groups excluding carboxylic acids is 3. The van der Waals surface area contributed by atoms with Crippen LogP contribution >= 0.6 is 0 Å². The maximum atomic E-state index is 13.6. The average Bonchev–Trinajstić information content (AvgIpc) is 3.69. The molecule has 0 aromatic heterocycles. The Morgan fingerprint density at radius 1 is 0.667 bits per heavy atom. The first-order chi connectivity index (χ1) is 34.1. The Bertz CT molecular complexity index is 2270. The van der Waals surface area contributed by atoms with Gasteiger partial charge in [-0.1, -0.05) is 19.1 Å². The van der Waals surface area contributed by atoms with E-state index in [4.69, 9.17) is 37.9 Å². The fourth-order valence-corrected chi connectivity index (χ4v) is 8.42. The van der Waals surface area contributed by atoms with Gasteiger partial charge in [-0.3, -0.25) is 0 Å². The maximum absolute atomic E-state index is 13.6. The Balaban J connectivity index is 1.04. The molecule has 3 fully saturated rings. The van der Waals surface area contributed by atoms with Gasteiger partial charge in [-0.05, 0) is 54.0 Å². The molecule has 0 spiro atoms. The second-order valence-electron chi connectivity index (χ2n) is 17.5. The molecular weight excluding hydrogens is 968 g/mol. The van der Waals surface area contributed by atoms with Gasteiger partial charge in [0.05, 0.1) is 25.0 Å². The molecule has 2 saturated heterocycles. The molecule has 1 saturated carbocycles. The number of phenolic OH excluding ortho intramolecular Hbond substituents is 4. The predicted octanol–water partition coefficient (Wildman–Crippen LogP) is -4.17. The van der Waals surface area contributed by atoms with Gasteiger partial charge in [-0.25, -0.2) is 14.4 Å². The first-order valence-corrected chi connectivity index (χ1v) is 22.4. The second kappa shape index (κ2) is 24.5. The molecule has 19 atom stereocenters. The van der Waals surface area contributed by atoms with Crippen molar-refractivity contribution >= 4 is 30.1 Å².